The second kappa shape index (κ2) is 8.05. The van der Waals surface area contributed by atoms with Crippen molar-refractivity contribution in [3.63, 3.8) is 0 Å². The van der Waals surface area contributed by atoms with Crippen molar-refractivity contribution in [2.45, 2.75) is 46.0 Å². The maximum atomic E-state index is 12.1. The summed E-state index contributed by atoms with van der Waals surface area (Å²) in [5, 5.41) is 2.85. The molecule has 3 nitrogen and oxygen atoms in total. The first-order valence-corrected chi connectivity index (χ1v) is 9.29. The molecule has 0 unspecified atom stereocenters. The molecular weight excluding hydrogens is 378 g/mol. The quantitative estimate of drug-likeness (QED) is 0.675. The summed E-state index contributed by atoms with van der Waals surface area (Å²) in [5.41, 5.74) is 3.30. The molecule has 2 rings (SSSR count). The fourth-order valence-corrected chi connectivity index (χ4v) is 2.87. The minimum atomic E-state index is -0.177. The molecule has 25 heavy (non-hydrogen) atoms. The van der Waals surface area contributed by atoms with Crippen molar-refractivity contribution >= 4 is 27.5 Å². The maximum absolute atomic E-state index is 12.1. The molecule has 4 heteroatoms. The molecule has 0 saturated heterocycles. The molecule has 0 aliphatic carbocycles. The zero-order valence-electron chi connectivity index (χ0n) is 15.5. The van der Waals surface area contributed by atoms with Gasteiger partial charge in [0.1, 0.15) is 5.75 Å². The summed E-state index contributed by atoms with van der Waals surface area (Å²) in [4.78, 5) is 12.1. The van der Waals surface area contributed by atoms with Crippen molar-refractivity contribution < 1.29 is 9.53 Å². The number of amides is 1. The van der Waals surface area contributed by atoms with Crippen LogP contribution in [0.3, 0.4) is 0 Å². The number of benzene rings is 2. The number of hydrogen-bond donors (Lipinski definition) is 1. The van der Waals surface area contributed by atoms with Crippen LogP contribution in [0.25, 0.3) is 0 Å². The lowest BCUT2D eigenvalue weighted by Crippen LogP contribution is -2.20. The van der Waals surface area contributed by atoms with E-state index in [-0.39, 0.29) is 17.9 Å². The van der Waals surface area contributed by atoms with E-state index in [0.29, 0.717) is 11.7 Å². The highest BCUT2D eigenvalue weighted by molar-refractivity contribution is 9.10. The lowest BCUT2D eigenvalue weighted by Gasteiger charge is -2.20. The van der Waals surface area contributed by atoms with Crippen LogP contribution in [-0.4, -0.2) is 12.5 Å². The van der Waals surface area contributed by atoms with Gasteiger partial charge in [0.25, 0.3) is 5.91 Å². The molecule has 1 N–H and O–H groups in total. The largest absolute Gasteiger partial charge is 0.483 e. The van der Waals surface area contributed by atoms with Crippen molar-refractivity contribution in [2.24, 2.45) is 0 Å². The normalized spacial score (nSPS) is 11.5. The van der Waals surface area contributed by atoms with Crippen molar-refractivity contribution in [3.05, 3.63) is 58.1 Å². The van der Waals surface area contributed by atoms with Crippen molar-refractivity contribution in [1.82, 2.24) is 0 Å². The number of nitrogens with one attached hydrogen (secondary N) is 1. The summed E-state index contributed by atoms with van der Waals surface area (Å²) in [6.07, 6.45) is 0. The standard InChI is InChI=1S/C21H26BrNO2/c1-14(2)15-6-9-17(10-7-15)23-20(24)13-25-19-11-8-16(12-18(19)22)21(3,4)5/h6-12,14H,13H2,1-5H3,(H,23,24). The van der Waals surface area contributed by atoms with E-state index >= 15 is 0 Å². The lowest BCUT2D eigenvalue weighted by atomic mass is 9.87. The summed E-state index contributed by atoms with van der Waals surface area (Å²) in [6, 6.07) is 13.9. The summed E-state index contributed by atoms with van der Waals surface area (Å²) < 4.78 is 6.50. The van der Waals surface area contributed by atoms with Gasteiger partial charge in [-0.3, -0.25) is 4.79 Å². The van der Waals surface area contributed by atoms with E-state index in [1.54, 1.807) is 0 Å². The van der Waals surface area contributed by atoms with Gasteiger partial charge < -0.3 is 10.1 Å². The van der Waals surface area contributed by atoms with Crippen LogP contribution in [0.1, 0.15) is 51.7 Å². The van der Waals surface area contributed by atoms with Gasteiger partial charge in [0.05, 0.1) is 4.47 Å². The fourth-order valence-electron chi connectivity index (χ4n) is 2.38. The number of halogens is 1. The fraction of sp³-hybridized carbons (Fsp3) is 0.381. The molecule has 0 atom stereocenters. The van der Waals surface area contributed by atoms with E-state index in [0.717, 1.165) is 10.2 Å². The maximum Gasteiger partial charge on any atom is 0.262 e. The van der Waals surface area contributed by atoms with Gasteiger partial charge in [0, 0.05) is 5.69 Å². The highest BCUT2D eigenvalue weighted by Crippen LogP contribution is 2.31. The Morgan fingerprint density at radius 1 is 1.12 bits per heavy atom. The average molecular weight is 404 g/mol. The van der Waals surface area contributed by atoms with Gasteiger partial charge in [-0.25, -0.2) is 0 Å². The third-order valence-corrected chi connectivity index (χ3v) is 4.64. The molecule has 2 aromatic rings. The highest BCUT2D eigenvalue weighted by Gasteiger charge is 2.15. The molecule has 0 aromatic heterocycles. The molecule has 0 bridgehead atoms. The van der Waals surface area contributed by atoms with E-state index in [4.69, 9.17) is 4.74 Å². The minimum Gasteiger partial charge on any atom is -0.483 e. The SMILES string of the molecule is CC(C)c1ccc(NC(=O)COc2ccc(C(C)(C)C)cc2Br)cc1. The third-order valence-electron chi connectivity index (χ3n) is 4.02. The lowest BCUT2D eigenvalue weighted by molar-refractivity contribution is -0.118. The van der Waals surface area contributed by atoms with Crippen LogP contribution >= 0.6 is 15.9 Å². The second-order valence-corrected chi connectivity index (χ2v) is 8.36. The summed E-state index contributed by atoms with van der Waals surface area (Å²) in [5.74, 6) is 0.962. The number of carbonyl (C=O) groups excluding carboxylic acids is 1. The highest BCUT2D eigenvalue weighted by atomic mass is 79.9. The Morgan fingerprint density at radius 2 is 1.76 bits per heavy atom. The van der Waals surface area contributed by atoms with E-state index in [1.807, 2.05) is 42.5 Å². The van der Waals surface area contributed by atoms with Crippen molar-refractivity contribution in [1.29, 1.82) is 0 Å². The Kier molecular flexibility index (Phi) is 6.28. The number of carbonyl (C=O) groups is 1. The van der Waals surface area contributed by atoms with Crippen molar-refractivity contribution in [2.75, 3.05) is 11.9 Å². The summed E-state index contributed by atoms with van der Waals surface area (Å²) in [7, 11) is 0. The number of rotatable bonds is 5. The molecule has 0 radical (unpaired) electrons. The van der Waals surface area contributed by atoms with E-state index < -0.39 is 0 Å². The Hall–Kier alpha value is -1.81. The number of ether oxygens (including phenoxy) is 1. The molecule has 0 saturated carbocycles. The van der Waals surface area contributed by atoms with Crippen LogP contribution in [0.15, 0.2) is 46.9 Å². The van der Waals surface area contributed by atoms with Crippen molar-refractivity contribution in [3.8, 4) is 5.75 Å². The summed E-state index contributed by atoms with van der Waals surface area (Å²) >= 11 is 3.52. The van der Waals surface area contributed by atoms with Gasteiger partial charge in [-0.1, -0.05) is 52.8 Å². The molecule has 2 aromatic carbocycles. The molecule has 1 amide bonds. The Balaban J connectivity index is 1.93. The van der Waals surface area contributed by atoms with Crippen LogP contribution in [-0.2, 0) is 10.2 Å². The molecule has 0 fully saturated rings. The van der Waals surface area contributed by atoms with Gasteiger partial charge in [-0.2, -0.15) is 0 Å². The van der Waals surface area contributed by atoms with Crippen LogP contribution < -0.4 is 10.1 Å². The molecule has 0 aliphatic heterocycles. The minimum absolute atomic E-state index is 0.0284. The second-order valence-electron chi connectivity index (χ2n) is 7.51. The molecule has 0 spiro atoms. The van der Waals surface area contributed by atoms with Gasteiger partial charge in [0.15, 0.2) is 6.61 Å². The predicted molar refractivity (Wildman–Crippen MR) is 107 cm³/mol. The zero-order valence-corrected chi connectivity index (χ0v) is 17.1. The number of hydrogen-bond acceptors (Lipinski definition) is 2. The predicted octanol–water partition coefficient (Wildman–Crippen LogP) is 5.89. The van der Waals surface area contributed by atoms with Gasteiger partial charge in [-0.05, 0) is 62.7 Å². The third kappa shape index (κ3) is 5.60. The Labute approximate surface area is 158 Å². The van der Waals surface area contributed by atoms with Crippen LogP contribution in [0.2, 0.25) is 0 Å². The van der Waals surface area contributed by atoms with Crippen LogP contribution in [0.4, 0.5) is 5.69 Å². The summed E-state index contributed by atoms with van der Waals surface area (Å²) in [6.45, 7) is 10.7. The van der Waals surface area contributed by atoms with Gasteiger partial charge in [0.2, 0.25) is 0 Å². The smallest absolute Gasteiger partial charge is 0.262 e. The Bertz CT molecular complexity index is 731. The topological polar surface area (TPSA) is 38.3 Å². The first-order chi connectivity index (χ1) is 11.7. The average Bonchev–Trinajstić information content (AvgIpc) is 2.53. The van der Waals surface area contributed by atoms with Gasteiger partial charge in [-0.15, -0.1) is 0 Å². The Morgan fingerprint density at radius 3 is 2.28 bits per heavy atom. The van der Waals surface area contributed by atoms with Crippen LogP contribution in [0.5, 0.6) is 5.75 Å². The van der Waals surface area contributed by atoms with Gasteiger partial charge >= 0.3 is 0 Å². The molecule has 0 aliphatic rings. The zero-order chi connectivity index (χ0) is 18.6. The molecule has 0 heterocycles. The first kappa shape index (κ1) is 19.5. The van der Waals surface area contributed by atoms with E-state index in [1.165, 1.54) is 11.1 Å². The molecule has 134 valence electrons. The van der Waals surface area contributed by atoms with Crippen LogP contribution in [0, 0.1) is 0 Å². The van der Waals surface area contributed by atoms with E-state index in [2.05, 4.69) is 55.9 Å². The molecular formula is C21H26BrNO2. The first-order valence-electron chi connectivity index (χ1n) is 8.49. The number of anilines is 1. The van der Waals surface area contributed by atoms with E-state index in [9.17, 15) is 4.79 Å². The monoisotopic (exact) mass is 403 g/mol.